The molecule has 2 aromatic carbocycles. The van der Waals surface area contributed by atoms with E-state index < -0.39 is 15.9 Å². The van der Waals surface area contributed by atoms with Crippen molar-refractivity contribution in [2.45, 2.75) is 10.9 Å². The molecule has 2 N–H and O–H groups in total. The lowest BCUT2D eigenvalue weighted by molar-refractivity contribution is 0.508. The van der Waals surface area contributed by atoms with Gasteiger partial charge in [-0.1, -0.05) is 36.4 Å². The van der Waals surface area contributed by atoms with Crippen molar-refractivity contribution in [1.29, 1.82) is 0 Å². The number of sulfone groups is 1. The van der Waals surface area contributed by atoms with Gasteiger partial charge in [0.05, 0.1) is 16.7 Å². The van der Waals surface area contributed by atoms with Gasteiger partial charge in [-0.15, -0.1) is 0 Å². The predicted octanol–water partition coefficient (Wildman–Crippen LogP) is 2.91. The van der Waals surface area contributed by atoms with Crippen LogP contribution >= 0.6 is 0 Å². The van der Waals surface area contributed by atoms with E-state index in [-0.39, 0.29) is 10.6 Å². The molecule has 1 heterocycles. The molecule has 0 fully saturated rings. The van der Waals surface area contributed by atoms with Crippen molar-refractivity contribution < 1.29 is 12.8 Å². The van der Waals surface area contributed by atoms with Gasteiger partial charge in [-0.2, -0.15) is 0 Å². The molecule has 21 heavy (non-hydrogen) atoms. The van der Waals surface area contributed by atoms with Crippen LogP contribution in [0.4, 0.5) is 0 Å². The molecule has 0 saturated carbocycles. The smallest absolute Gasteiger partial charge is 0.180 e. The number of para-hydroxylation sites is 1. The summed E-state index contributed by atoms with van der Waals surface area (Å²) in [5, 5.41) is 0.917. The largest absolute Gasteiger partial charge is 0.459 e. The molecule has 3 aromatic rings. The van der Waals surface area contributed by atoms with E-state index >= 15 is 0 Å². The summed E-state index contributed by atoms with van der Waals surface area (Å²) in [6, 6.07) is 16.9. The molecule has 0 aliphatic heterocycles. The molecule has 1 atom stereocenters. The van der Waals surface area contributed by atoms with Gasteiger partial charge in [0.1, 0.15) is 11.3 Å². The lowest BCUT2D eigenvalue weighted by Gasteiger charge is -2.09. The highest BCUT2D eigenvalue weighted by Gasteiger charge is 2.22. The van der Waals surface area contributed by atoms with Crippen LogP contribution in [0.1, 0.15) is 11.8 Å². The van der Waals surface area contributed by atoms with Gasteiger partial charge in [0.2, 0.25) is 0 Å². The Morgan fingerprint density at radius 2 is 1.67 bits per heavy atom. The first-order valence-electron chi connectivity index (χ1n) is 6.58. The molecule has 108 valence electrons. The number of benzene rings is 2. The van der Waals surface area contributed by atoms with Crippen LogP contribution in [0.15, 0.2) is 70.0 Å². The Bertz CT molecular complexity index is 820. The number of nitrogens with two attached hydrogens (primary N) is 1. The quantitative estimate of drug-likeness (QED) is 0.804. The number of fused-ring (bicyclic) bond motifs is 1. The van der Waals surface area contributed by atoms with Crippen LogP contribution in [-0.4, -0.2) is 14.2 Å². The Kier molecular flexibility index (Phi) is 3.53. The third-order valence-electron chi connectivity index (χ3n) is 3.31. The van der Waals surface area contributed by atoms with Crippen molar-refractivity contribution in [1.82, 2.24) is 0 Å². The van der Waals surface area contributed by atoms with Crippen LogP contribution in [0.2, 0.25) is 0 Å². The summed E-state index contributed by atoms with van der Waals surface area (Å²) in [4.78, 5) is 0.275. The topological polar surface area (TPSA) is 73.3 Å². The van der Waals surface area contributed by atoms with Gasteiger partial charge in [0, 0.05) is 5.39 Å². The summed E-state index contributed by atoms with van der Waals surface area (Å²) >= 11 is 0. The van der Waals surface area contributed by atoms with Crippen LogP contribution < -0.4 is 5.73 Å². The highest BCUT2D eigenvalue weighted by molar-refractivity contribution is 7.91. The van der Waals surface area contributed by atoms with Crippen LogP contribution in [0, 0.1) is 0 Å². The number of furan rings is 1. The fourth-order valence-electron chi connectivity index (χ4n) is 2.23. The fourth-order valence-corrected chi connectivity index (χ4v) is 3.63. The highest BCUT2D eigenvalue weighted by atomic mass is 32.2. The van der Waals surface area contributed by atoms with E-state index in [9.17, 15) is 8.42 Å². The monoisotopic (exact) mass is 301 g/mol. The van der Waals surface area contributed by atoms with Crippen LogP contribution in [0.5, 0.6) is 0 Å². The van der Waals surface area contributed by atoms with Crippen molar-refractivity contribution in [3.63, 3.8) is 0 Å². The Morgan fingerprint density at radius 1 is 1.00 bits per heavy atom. The van der Waals surface area contributed by atoms with Crippen molar-refractivity contribution in [3.8, 4) is 0 Å². The van der Waals surface area contributed by atoms with Gasteiger partial charge in [0.15, 0.2) is 9.84 Å². The van der Waals surface area contributed by atoms with Crippen LogP contribution in [-0.2, 0) is 9.84 Å². The normalized spacial score (nSPS) is 13.4. The second-order valence-electron chi connectivity index (χ2n) is 4.89. The average Bonchev–Trinajstić information content (AvgIpc) is 2.92. The number of rotatable bonds is 4. The van der Waals surface area contributed by atoms with Gasteiger partial charge in [-0.3, -0.25) is 0 Å². The first-order chi connectivity index (χ1) is 10.1. The minimum absolute atomic E-state index is 0.184. The van der Waals surface area contributed by atoms with Gasteiger partial charge < -0.3 is 10.2 Å². The van der Waals surface area contributed by atoms with E-state index in [0.29, 0.717) is 11.3 Å². The van der Waals surface area contributed by atoms with Gasteiger partial charge >= 0.3 is 0 Å². The van der Waals surface area contributed by atoms with Crippen molar-refractivity contribution in [2.75, 3.05) is 5.75 Å². The zero-order valence-electron chi connectivity index (χ0n) is 11.3. The second-order valence-corrected chi connectivity index (χ2v) is 6.92. The Balaban J connectivity index is 1.87. The zero-order valence-corrected chi connectivity index (χ0v) is 12.1. The minimum Gasteiger partial charge on any atom is -0.459 e. The van der Waals surface area contributed by atoms with Crippen molar-refractivity contribution in [2.24, 2.45) is 5.73 Å². The van der Waals surface area contributed by atoms with E-state index in [1.54, 1.807) is 36.4 Å². The maximum absolute atomic E-state index is 12.3. The molecular formula is C16H15NO3S. The van der Waals surface area contributed by atoms with E-state index in [4.69, 9.17) is 10.2 Å². The predicted molar refractivity (Wildman–Crippen MR) is 81.6 cm³/mol. The zero-order chi connectivity index (χ0) is 14.9. The standard InChI is InChI=1S/C16H15NO3S/c17-14(11-21(18,19)13-7-2-1-3-8-13)16-10-12-6-4-5-9-15(12)20-16/h1-10,14H,11,17H2. The highest BCUT2D eigenvalue weighted by Crippen LogP contribution is 2.24. The number of hydrogen-bond donors (Lipinski definition) is 1. The van der Waals surface area contributed by atoms with Gasteiger partial charge in [0.25, 0.3) is 0 Å². The molecule has 0 amide bonds. The number of hydrogen-bond acceptors (Lipinski definition) is 4. The fraction of sp³-hybridized carbons (Fsp3) is 0.125. The molecular weight excluding hydrogens is 286 g/mol. The Hall–Kier alpha value is -2.11. The summed E-state index contributed by atoms with van der Waals surface area (Å²) in [6.45, 7) is 0. The maximum atomic E-state index is 12.3. The Morgan fingerprint density at radius 3 is 2.38 bits per heavy atom. The van der Waals surface area contributed by atoms with Crippen molar-refractivity contribution >= 4 is 20.8 Å². The molecule has 5 heteroatoms. The SMILES string of the molecule is NC(CS(=O)(=O)c1ccccc1)c1cc2ccccc2o1. The first kappa shape index (κ1) is 13.9. The molecule has 1 aromatic heterocycles. The van der Waals surface area contributed by atoms with Gasteiger partial charge in [-0.25, -0.2) is 8.42 Å². The molecule has 3 rings (SSSR count). The Labute approximate surface area is 123 Å². The van der Waals surface area contributed by atoms with Crippen molar-refractivity contribution in [3.05, 3.63) is 66.4 Å². The molecule has 4 nitrogen and oxygen atoms in total. The average molecular weight is 301 g/mol. The molecule has 0 spiro atoms. The summed E-state index contributed by atoms with van der Waals surface area (Å²) in [5.74, 6) is 0.298. The summed E-state index contributed by atoms with van der Waals surface area (Å²) in [6.07, 6.45) is 0. The molecule has 0 aliphatic carbocycles. The third-order valence-corrected chi connectivity index (χ3v) is 5.10. The molecule has 1 unspecified atom stereocenters. The molecule has 0 radical (unpaired) electrons. The third kappa shape index (κ3) is 2.84. The van der Waals surface area contributed by atoms with E-state index in [1.807, 2.05) is 24.3 Å². The maximum Gasteiger partial charge on any atom is 0.180 e. The molecule has 0 bridgehead atoms. The van der Waals surface area contributed by atoms with E-state index in [1.165, 1.54) is 0 Å². The second kappa shape index (κ2) is 5.35. The summed E-state index contributed by atoms with van der Waals surface area (Å²) < 4.78 is 30.2. The van der Waals surface area contributed by atoms with Crippen LogP contribution in [0.25, 0.3) is 11.0 Å². The molecule has 0 aliphatic rings. The van der Waals surface area contributed by atoms with Crippen LogP contribution in [0.3, 0.4) is 0 Å². The molecule has 0 saturated heterocycles. The van der Waals surface area contributed by atoms with E-state index in [0.717, 1.165) is 5.39 Å². The first-order valence-corrected chi connectivity index (χ1v) is 8.23. The lowest BCUT2D eigenvalue weighted by Crippen LogP contribution is -2.21. The summed E-state index contributed by atoms with van der Waals surface area (Å²) in [7, 11) is -3.43. The lowest BCUT2D eigenvalue weighted by atomic mass is 10.2. The van der Waals surface area contributed by atoms with E-state index in [2.05, 4.69) is 0 Å². The summed E-state index contributed by atoms with van der Waals surface area (Å²) in [5.41, 5.74) is 6.72. The minimum atomic E-state index is -3.43. The van der Waals surface area contributed by atoms with Gasteiger partial charge in [-0.05, 0) is 24.3 Å².